The Morgan fingerprint density at radius 2 is 2.25 bits per heavy atom. The molecule has 0 aliphatic carbocycles. The first-order valence-corrected chi connectivity index (χ1v) is 7.11. The number of aromatic nitrogens is 2. The Balaban J connectivity index is 2.33. The van der Waals surface area contributed by atoms with Crippen LogP contribution >= 0.6 is 22.6 Å². The lowest BCUT2D eigenvalue weighted by atomic mass is 10.2. The Kier molecular flexibility index (Phi) is 4.26. The molecular formula is C13H14FIN4O. The molecule has 0 saturated heterocycles. The van der Waals surface area contributed by atoms with Gasteiger partial charge in [0.15, 0.2) is 0 Å². The number of halogens is 2. The number of amides is 1. The molecule has 1 aromatic carbocycles. The number of anilines is 2. The first-order valence-electron chi connectivity index (χ1n) is 6.03. The molecule has 0 unspecified atom stereocenters. The summed E-state index contributed by atoms with van der Waals surface area (Å²) < 4.78 is 15.2. The van der Waals surface area contributed by atoms with E-state index in [0.717, 1.165) is 0 Å². The van der Waals surface area contributed by atoms with Crippen molar-refractivity contribution in [1.82, 2.24) is 9.78 Å². The Morgan fingerprint density at radius 1 is 1.55 bits per heavy atom. The average molecular weight is 388 g/mol. The zero-order valence-electron chi connectivity index (χ0n) is 11.1. The third-order valence-corrected chi connectivity index (χ3v) is 3.76. The minimum atomic E-state index is -0.352. The number of carbonyl (C=O) groups excluding carboxylic acids is 1. The summed E-state index contributed by atoms with van der Waals surface area (Å²) in [6.07, 6.45) is 0. The van der Waals surface area contributed by atoms with Crippen LogP contribution < -0.4 is 11.1 Å². The summed E-state index contributed by atoms with van der Waals surface area (Å²) in [6.45, 7) is 4.17. The van der Waals surface area contributed by atoms with Crippen molar-refractivity contribution >= 4 is 39.9 Å². The molecule has 0 aliphatic heterocycles. The van der Waals surface area contributed by atoms with Crippen molar-refractivity contribution < 1.29 is 9.18 Å². The third kappa shape index (κ3) is 2.77. The first-order chi connectivity index (χ1) is 9.43. The molecule has 0 fully saturated rings. The van der Waals surface area contributed by atoms with Crippen LogP contribution in [0, 0.1) is 16.3 Å². The molecule has 0 spiro atoms. The second-order valence-corrected chi connectivity index (χ2v) is 5.40. The van der Waals surface area contributed by atoms with Gasteiger partial charge in [-0.3, -0.25) is 9.48 Å². The predicted molar refractivity (Wildman–Crippen MR) is 84.1 cm³/mol. The summed E-state index contributed by atoms with van der Waals surface area (Å²) >= 11 is 1.96. The zero-order chi connectivity index (χ0) is 14.9. The lowest BCUT2D eigenvalue weighted by Gasteiger charge is -2.09. The van der Waals surface area contributed by atoms with E-state index >= 15 is 0 Å². The van der Waals surface area contributed by atoms with E-state index in [4.69, 9.17) is 5.73 Å². The number of rotatable bonds is 3. The van der Waals surface area contributed by atoms with Gasteiger partial charge >= 0.3 is 0 Å². The number of hydrogen-bond acceptors (Lipinski definition) is 3. The molecule has 3 N–H and O–H groups in total. The van der Waals surface area contributed by atoms with Gasteiger partial charge in [0.25, 0.3) is 5.91 Å². The number of aryl methyl sites for hydroxylation is 2. The number of nitrogens with zero attached hydrogens (tertiary/aromatic N) is 2. The number of hydrogen-bond donors (Lipinski definition) is 2. The maximum Gasteiger partial charge on any atom is 0.276 e. The molecule has 2 rings (SSSR count). The second-order valence-electron chi connectivity index (χ2n) is 4.24. The van der Waals surface area contributed by atoms with Crippen molar-refractivity contribution in [3.05, 3.63) is 39.0 Å². The van der Waals surface area contributed by atoms with Gasteiger partial charge in [-0.05, 0) is 54.6 Å². The molecule has 2 aromatic rings. The second kappa shape index (κ2) is 5.78. The van der Waals surface area contributed by atoms with Gasteiger partial charge in [-0.25, -0.2) is 4.39 Å². The monoisotopic (exact) mass is 388 g/mol. The van der Waals surface area contributed by atoms with Gasteiger partial charge in [-0.2, -0.15) is 5.10 Å². The summed E-state index contributed by atoms with van der Waals surface area (Å²) in [7, 11) is 0. The van der Waals surface area contributed by atoms with Crippen molar-refractivity contribution in [2.24, 2.45) is 0 Å². The Hall–Kier alpha value is -1.64. The highest BCUT2D eigenvalue weighted by molar-refractivity contribution is 14.1. The van der Waals surface area contributed by atoms with E-state index in [9.17, 15) is 9.18 Å². The van der Waals surface area contributed by atoms with E-state index in [2.05, 4.69) is 10.4 Å². The predicted octanol–water partition coefficient (Wildman–Crippen LogP) is 2.79. The molecular weight excluding hydrogens is 374 g/mol. The van der Waals surface area contributed by atoms with E-state index in [1.807, 2.05) is 29.5 Å². The lowest BCUT2D eigenvalue weighted by molar-refractivity contribution is 0.101. The molecule has 0 aliphatic rings. The molecule has 7 heteroatoms. The first kappa shape index (κ1) is 14.8. The third-order valence-electron chi connectivity index (χ3n) is 2.87. The molecule has 0 bridgehead atoms. The number of nitrogens with one attached hydrogen (secondary N) is 1. The molecule has 0 saturated carbocycles. The minimum Gasteiger partial charge on any atom is -0.395 e. The van der Waals surface area contributed by atoms with Gasteiger partial charge < -0.3 is 11.1 Å². The van der Waals surface area contributed by atoms with Crippen molar-refractivity contribution in [3.8, 4) is 0 Å². The molecule has 0 atom stereocenters. The summed E-state index contributed by atoms with van der Waals surface area (Å²) in [5.41, 5.74) is 7.73. The highest BCUT2D eigenvalue weighted by Gasteiger charge is 2.19. The highest BCUT2D eigenvalue weighted by Crippen LogP contribution is 2.22. The Bertz CT molecular complexity index is 669. The van der Waals surface area contributed by atoms with E-state index < -0.39 is 0 Å². The van der Waals surface area contributed by atoms with Gasteiger partial charge in [-0.15, -0.1) is 0 Å². The zero-order valence-corrected chi connectivity index (χ0v) is 13.2. The molecule has 0 radical (unpaired) electrons. The van der Waals surface area contributed by atoms with Crippen LogP contribution in [-0.2, 0) is 6.54 Å². The van der Waals surface area contributed by atoms with Crippen molar-refractivity contribution in [3.63, 3.8) is 0 Å². The number of nitrogens with two attached hydrogens (primary N) is 1. The largest absolute Gasteiger partial charge is 0.395 e. The summed E-state index contributed by atoms with van der Waals surface area (Å²) in [5.74, 6) is -0.698. The topological polar surface area (TPSA) is 72.9 Å². The smallest absolute Gasteiger partial charge is 0.276 e. The molecule has 5 nitrogen and oxygen atoms in total. The van der Waals surface area contributed by atoms with Crippen LogP contribution in [-0.4, -0.2) is 15.7 Å². The van der Waals surface area contributed by atoms with Crippen LogP contribution in [0.4, 0.5) is 15.8 Å². The maximum absolute atomic E-state index is 13.0. The van der Waals surface area contributed by atoms with Gasteiger partial charge in [0.05, 0.1) is 17.1 Å². The van der Waals surface area contributed by atoms with Crippen LogP contribution in [0.5, 0.6) is 0 Å². The van der Waals surface area contributed by atoms with Crippen molar-refractivity contribution in [1.29, 1.82) is 0 Å². The fourth-order valence-electron chi connectivity index (χ4n) is 1.84. The van der Waals surface area contributed by atoms with Gasteiger partial charge in [-0.1, -0.05) is 0 Å². The number of nitrogen functional groups attached to an aromatic ring is 1. The molecule has 1 amide bonds. The average Bonchev–Trinajstić information content (AvgIpc) is 2.68. The fourth-order valence-corrected chi connectivity index (χ4v) is 2.45. The van der Waals surface area contributed by atoms with Crippen molar-refractivity contribution in [2.75, 3.05) is 11.1 Å². The molecule has 106 valence electrons. The van der Waals surface area contributed by atoms with Gasteiger partial charge in [0, 0.05) is 10.1 Å². The van der Waals surface area contributed by atoms with Gasteiger partial charge in [0.2, 0.25) is 0 Å². The lowest BCUT2D eigenvalue weighted by Crippen LogP contribution is -2.19. The van der Waals surface area contributed by atoms with Crippen LogP contribution in [0.15, 0.2) is 18.2 Å². The van der Waals surface area contributed by atoms with E-state index in [0.29, 0.717) is 32.9 Å². The molecule has 1 aromatic heterocycles. The fraction of sp³-hybridized carbons (Fsp3) is 0.231. The van der Waals surface area contributed by atoms with E-state index in [-0.39, 0.29) is 11.7 Å². The maximum atomic E-state index is 13.0. The minimum absolute atomic E-state index is 0.324. The number of benzene rings is 1. The van der Waals surface area contributed by atoms with Crippen LogP contribution in [0.25, 0.3) is 0 Å². The Morgan fingerprint density at radius 3 is 2.85 bits per heavy atom. The SMILES string of the molecule is CCn1nc(C)c(N)c1C(=O)Nc1ccc(F)cc1I. The number of carbonyl (C=O) groups is 1. The summed E-state index contributed by atoms with van der Waals surface area (Å²) in [5, 5.41) is 6.93. The normalized spacial score (nSPS) is 10.6. The van der Waals surface area contributed by atoms with Crippen LogP contribution in [0.2, 0.25) is 0 Å². The van der Waals surface area contributed by atoms with Gasteiger partial charge in [0.1, 0.15) is 11.5 Å². The highest BCUT2D eigenvalue weighted by atomic mass is 127. The standard InChI is InChI=1S/C13H14FIN4O/c1-3-19-12(11(16)7(2)18-19)13(20)17-10-5-4-8(14)6-9(10)15/h4-6H,3,16H2,1-2H3,(H,17,20). The quantitative estimate of drug-likeness (QED) is 0.795. The van der Waals surface area contributed by atoms with Crippen LogP contribution in [0.3, 0.4) is 0 Å². The summed E-state index contributed by atoms with van der Waals surface area (Å²) in [6, 6.07) is 4.16. The van der Waals surface area contributed by atoms with Crippen molar-refractivity contribution in [2.45, 2.75) is 20.4 Å². The summed E-state index contributed by atoms with van der Waals surface area (Å²) in [4.78, 5) is 12.3. The Labute approximate surface area is 129 Å². The molecule has 20 heavy (non-hydrogen) atoms. The van der Waals surface area contributed by atoms with Crippen LogP contribution in [0.1, 0.15) is 23.1 Å². The van der Waals surface area contributed by atoms with E-state index in [1.165, 1.54) is 18.2 Å². The van der Waals surface area contributed by atoms with E-state index in [1.54, 1.807) is 11.6 Å². The molecule has 1 heterocycles.